The molecule has 2 N–H and O–H groups in total. The summed E-state index contributed by atoms with van der Waals surface area (Å²) in [5.41, 5.74) is 1.79. The monoisotopic (exact) mass is 429 g/mol. The van der Waals surface area contributed by atoms with Gasteiger partial charge in [0.1, 0.15) is 0 Å². The third kappa shape index (κ3) is 16.1. The SMILES string of the molecule is C[Si](C)(C)CCCCCCCCCCCCCCNc1ccc(C#CC(=O)O)cc1. The van der Waals surface area contributed by atoms with Crippen molar-refractivity contribution >= 4 is 19.7 Å². The lowest BCUT2D eigenvalue weighted by Gasteiger charge is -2.14. The molecule has 0 heterocycles. The van der Waals surface area contributed by atoms with Gasteiger partial charge in [-0.25, -0.2) is 4.79 Å². The highest BCUT2D eigenvalue weighted by molar-refractivity contribution is 6.76. The van der Waals surface area contributed by atoms with Gasteiger partial charge in [0.2, 0.25) is 0 Å². The number of carboxylic acids is 1. The van der Waals surface area contributed by atoms with Gasteiger partial charge in [-0.1, -0.05) is 102 Å². The smallest absolute Gasteiger partial charge is 0.382 e. The Hall–Kier alpha value is -1.73. The Bertz CT molecular complexity index is 638. The minimum Gasteiger partial charge on any atom is -0.472 e. The van der Waals surface area contributed by atoms with Crippen LogP contribution >= 0.6 is 0 Å². The van der Waals surface area contributed by atoms with Crippen LogP contribution in [0.4, 0.5) is 5.69 Å². The maximum atomic E-state index is 10.4. The summed E-state index contributed by atoms with van der Waals surface area (Å²) < 4.78 is 0. The highest BCUT2D eigenvalue weighted by Crippen LogP contribution is 2.16. The van der Waals surface area contributed by atoms with Gasteiger partial charge in [0.25, 0.3) is 0 Å². The Morgan fingerprint density at radius 2 is 1.27 bits per heavy atom. The number of anilines is 1. The molecule has 0 fully saturated rings. The number of hydrogen-bond donors (Lipinski definition) is 2. The van der Waals surface area contributed by atoms with E-state index in [4.69, 9.17) is 5.11 Å². The van der Waals surface area contributed by atoms with Crippen molar-refractivity contribution in [3.63, 3.8) is 0 Å². The highest BCUT2D eigenvalue weighted by atomic mass is 28.3. The number of carbonyl (C=O) groups is 1. The van der Waals surface area contributed by atoms with Gasteiger partial charge in [0.15, 0.2) is 0 Å². The quantitative estimate of drug-likeness (QED) is 0.162. The Morgan fingerprint density at radius 1 is 0.800 bits per heavy atom. The van der Waals surface area contributed by atoms with Gasteiger partial charge in [-0.2, -0.15) is 0 Å². The Balaban J connectivity index is 1.88. The van der Waals surface area contributed by atoms with E-state index >= 15 is 0 Å². The maximum Gasteiger partial charge on any atom is 0.382 e. The summed E-state index contributed by atoms with van der Waals surface area (Å²) in [6.45, 7) is 8.42. The number of unbranched alkanes of at least 4 members (excludes halogenated alkanes) is 11. The van der Waals surface area contributed by atoms with Crippen molar-refractivity contribution in [2.75, 3.05) is 11.9 Å². The summed E-state index contributed by atoms with van der Waals surface area (Å²) in [5, 5.41) is 12.0. The van der Waals surface area contributed by atoms with Crippen molar-refractivity contribution in [1.82, 2.24) is 0 Å². The molecule has 0 aromatic heterocycles. The summed E-state index contributed by atoms with van der Waals surface area (Å²) in [4.78, 5) is 10.4. The summed E-state index contributed by atoms with van der Waals surface area (Å²) in [7, 11) is -0.810. The Labute approximate surface area is 186 Å². The van der Waals surface area contributed by atoms with E-state index in [1.807, 2.05) is 24.3 Å². The lowest BCUT2D eigenvalue weighted by molar-refractivity contribution is -0.130. The molecule has 0 aliphatic carbocycles. The van der Waals surface area contributed by atoms with Crippen LogP contribution < -0.4 is 5.32 Å². The minimum absolute atomic E-state index is 0.727. The van der Waals surface area contributed by atoms with Crippen molar-refractivity contribution in [3.05, 3.63) is 29.8 Å². The fourth-order valence-electron chi connectivity index (χ4n) is 3.58. The third-order valence-corrected chi connectivity index (χ3v) is 7.23. The molecule has 3 nitrogen and oxygen atoms in total. The van der Waals surface area contributed by atoms with E-state index in [1.54, 1.807) is 0 Å². The molecule has 4 heteroatoms. The summed E-state index contributed by atoms with van der Waals surface area (Å²) in [5.74, 6) is 3.65. The predicted molar refractivity (Wildman–Crippen MR) is 133 cm³/mol. The van der Waals surface area contributed by atoms with Crippen molar-refractivity contribution in [1.29, 1.82) is 0 Å². The second-order valence-electron chi connectivity index (χ2n) is 9.61. The molecule has 1 rings (SSSR count). The lowest BCUT2D eigenvalue weighted by atomic mass is 10.1. The van der Waals surface area contributed by atoms with Crippen molar-refractivity contribution in [3.8, 4) is 11.8 Å². The second-order valence-corrected chi connectivity index (χ2v) is 15.2. The van der Waals surface area contributed by atoms with Gasteiger partial charge < -0.3 is 10.4 Å². The van der Waals surface area contributed by atoms with E-state index in [-0.39, 0.29) is 0 Å². The van der Waals surface area contributed by atoms with Gasteiger partial charge in [0, 0.05) is 31.8 Å². The Kier molecular flexibility index (Phi) is 14.0. The first-order chi connectivity index (χ1) is 14.4. The van der Waals surface area contributed by atoms with E-state index in [9.17, 15) is 4.79 Å². The van der Waals surface area contributed by atoms with Crippen LogP contribution in [0.2, 0.25) is 25.7 Å². The number of benzene rings is 1. The molecule has 30 heavy (non-hydrogen) atoms. The number of rotatable bonds is 16. The van der Waals surface area contributed by atoms with Gasteiger partial charge in [-0.05, 0) is 30.7 Å². The van der Waals surface area contributed by atoms with Gasteiger partial charge in [-0.15, -0.1) is 0 Å². The standard InChI is InChI=1S/C26H43NO2Si/c1-30(2,3)23-15-13-11-9-7-5-4-6-8-10-12-14-22-27-25-19-16-24(17-20-25)18-21-26(28)29/h16-17,19-20,27H,4-15,22-23H2,1-3H3,(H,28,29). The van der Waals surface area contributed by atoms with Crippen LogP contribution in [0.15, 0.2) is 24.3 Å². The number of aliphatic carboxylic acids is 1. The zero-order chi connectivity index (χ0) is 22.1. The molecule has 1 aromatic carbocycles. The molecule has 0 atom stereocenters. The average Bonchev–Trinajstić information content (AvgIpc) is 2.69. The van der Waals surface area contributed by atoms with E-state index in [0.717, 1.165) is 17.8 Å². The highest BCUT2D eigenvalue weighted by Gasteiger charge is 2.11. The zero-order valence-corrected chi connectivity index (χ0v) is 20.6. The molecule has 0 amide bonds. The van der Waals surface area contributed by atoms with Crippen LogP contribution in [0.1, 0.15) is 82.6 Å². The molecular weight excluding hydrogens is 386 g/mol. The Morgan fingerprint density at radius 3 is 1.73 bits per heavy atom. The molecule has 1 aromatic rings. The fourth-order valence-corrected chi connectivity index (χ4v) is 4.89. The summed E-state index contributed by atoms with van der Waals surface area (Å²) >= 11 is 0. The first kappa shape index (κ1) is 26.3. The van der Waals surface area contributed by atoms with Crippen LogP contribution in [0.25, 0.3) is 0 Å². The summed E-state index contributed by atoms with van der Waals surface area (Å²) in [6, 6.07) is 9.12. The number of hydrogen-bond acceptors (Lipinski definition) is 2. The molecule has 168 valence electrons. The molecule has 0 radical (unpaired) electrons. The maximum absolute atomic E-state index is 10.4. The predicted octanol–water partition coefficient (Wildman–Crippen LogP) is 7.55. The first-order valence-corrected chi connectivity index (χ1v) is 15.7. The van der Waals surface area contributed by atoms with Crippen LogP contribution in [-0.2, 0) is 4.79 Å². The van der Waals surface area contributed by atoms with E-state index < -0.39 is 14.0 Å². The van der Waals surface area contributed by atoms with Crippen LogP contribution in [0.5, 0.6) is 0 Å². The van der Waals surface area contributed by atoms with Crippen molar-refractivity contribution < 1.29 is 9.90 Å². The first-order valence-electron chi connectivity index (χ1n) is 12.0. The van der Waals surface area contributed by atoms with Crippen molar-refractivity contribution in [2.45, 2.75) is 103 Å². The molecule has 0 saturated carbocycles. The molecule has 0 saturated heterocycles. The lowest BCUT2D eigenvalue weighted by Crippen LogP contribution is -2.18. The minimum atomic E-state index is -1.10. The van der Waals surface area contributed by atoms with Gasteiger partial charge >= 0.3 is 5.97 Å². The van der Waals surface area contributed by atoms with Crippen molar-refractivity contribution in [2.24, 2.45) is 0 Å². The largest absolute Gasteiger partial charge is 0.472 e. The van der Waals surface area contributed by atoms with Crippen LogP contribution in [0, 0.1) is 11.8 Å². The summed E-state index contributed by atoms with van der Waals surface area (Å²) in [6.07, 6.45) is 16.6. The molecule has 0 spiro atoms. The molecule has 0 unspecified atom stereocenters. The third-order valence-electron chi connectivity index (χ3n) is 5.38. The molecule has 0 aliphatic heterocycles. The van der Waals surface area contributed by atoms with E-state index in [0.29, 0.717) is 0 Å². The number of nitrogens with one attached hydrogen (secondary N) is 1. The van der Waals surface area contributed by atoms with Crippen LogP contribution in [-0.4, -0.2) is 25.7 Å². The normalized spacial score (nSPS) is 11.0. The molecular formula is C26H43NO2Si. The average molecular weight is 430 g/mol. The molecule has 0 bridgehead atoms. The fraction of sp³-hybridized carbons (Fsp3) is 0.654. The van der Waals surface area contributed by atoms with Crippen LogP contribution in [0.3, 0.4) is 0 Å². The van der Waals surface area contributed by atoms with E-state index in [1.165, 1.54) is 83.1 Å². The topological polar surface area (TPSA) is 49.3 Å². The van der Waals surface area contributed by atoms with E-state index in [2.05, 4.69) is 36.8 Å². The number of carboxylic acid groups (broad SMARTS) is 1. The van der Waals surface area contributed by atoms with Gasteiger partial charge in [0.05, 0.1) is 0 Å². The second kappa shape index (κ2) is 16.0. The van der Waals surface area contributed by atoms with Gasteiger partial charge in [-0.3, -0.25) is 0 Å². The molecule has 0 aliphatic rings. The zero-order valence-electron chi connectivity index (χ0n) is 19.6.